The summed E-state index contributed by atoms with van der Waals surface area (Å²) in [5.74, 6) is 0.381. The Labute approximate surface area is 103 Å². The van der Waals surface area contributed by atoms with Crippen LogP contribution in [-0.4, -0.2) is 37.3 Å². The summed E-state index contributed by atoms with van der Waals surface area (Å²) >= 11 is 0. The molecule has 5 nitrogen and oxygen atoms in total. The van der Waals surface area contributed by atoms with Crippen molar-refractivity contribution in [1.82, 2.24) is 9.29 Å². The lowest BCUT2D eigenvalue weighted by atomic mass is 10.4. The van der Waals surface area contributed by atoms with Gasteiger partial charge in [0.1, 0.15) is 10.7 Å². The molecule has 0 aliphatic carbocycles. The van der Waals surface area contributed by atoms with E-state index in [2.05, 4.69) is 10.3 Å². The fraction of sp³-hybridized carbons (Fsp3) is 0.545. The van der Waals surface area contributed by atoms with Gasteiger partial charge in [-0.1, -0.05) is 6.92 Å². The minimum Gasteiger partial charge on any atom is -0.372 e. The Morgan fingerprint density at radius 3 is 2.59 bits per heavy atom. The summed E-state index contributed by atoms with van der Waals surface area (Å²) in [6.07, 6.45) is 1.57. The van der Waals surface area contributed by atoms with Crippen molar-refractivity contribution in [3.05, 3.63) is 18.3 Å². The third kappa shape index (κ3) is 2.76. The average molecular weight is 257 g/mol. The second kappa shape index (κ2) is 5.46. The molecule has 0 spiro atoms. The van der Waals surface area contributed by atoms with Gasteiger partial charge in [0.05, 0.1) is 0 Å². The SMILES string of the molecule is CCN(C(C)C)S(=O)(=O)c1cccnc1NC. The summed E-state index contributed by atoms with van der Waals surface area (Å²) in [5, 5.41) is 2.80. The van der Waals surface area contributed by atoms with Crippen molar-refractivity contribution in [3.63, 3.8) is 0 Å². The highest BCUT2D eigenvalue weighted by Gasteiger charge is 2.28. The molecule has 6 heteroatoms. The number of nitrogens with zero attached hydrogens (tertiary/aromatic N) is 2. The minimum absolute atomic E-state index is 0.0742. The number of aromatic nitrogens is 1. The van der Waals surface area contributed by atoms with Crippen LogP contribution in [-0.2, 0) is 10.0 Å². The molecule has 0 unspecified atom stereocenters. The largest absolute Gasteiger partial charge is 0.372 e. The van der Waals surface area contributed by atoms with Crippen LogP contribution in [0.2, 0.25) is 0 Å². The summed E-state index contributed by atoms with van der Waals surface area (Å²) in [6, 6.07) is 3.12. The molecule has 1 aromatic rings. The maximum absolute atomic E-state index is 12.4. The van der Waals surface area contributed by atoms with E-state index in [9.17, 15) is 8.42 Å². The highest BCUT2D eigenvalue weighted by atomic mass is 32.2. The molecule has 1 N–H and O–H groups in total. The summed E-state index contributed by atoms with van der Waals surface area (Å²) in [5.41, 5.74) is 0. The van der Waals surface area contributed by atoms with Crippen molar-refractivity contribution >= 4 is 15.8 Å². The van der Waals surface area contributed by atoms with Crippen molar-refractivity contribution in [1.29, 1.82) is 0 Å². The number of nitrogens with one attached hydrogen (secondary N) is 1. The van der Waals surface area contributed by atoms with Crippen molar-refractivity contribution in [2.75, 3.05) is 18.9 Å². The lowest BCUT2D eigenvalue weighted by Gasteiger charge is -2.25. The fourth-order valence-electron chi connectivity index (χ4n) is 1.73. The molecular formula is C11H19N3O2S. The standard InChI is InChI=1S/C11H19N3O2S/c1-5-14(9(2)3)17(15,16)10-7-6-8-13-11(10)12-4/h6-9H,5H2,1-4H3,(H,12,13). The normalized spacial score (nSPS) is 12.1. The number of pyridine rings is 1. The van der Waals surface area contributed by atoms with E-state index in [4.69, 9.17) is 0 Å². The Bertz CT molecular complexity index is 471. The maximum atomic E-state index is 12.4. The first-order valence-corrected chi connectivity index (χ1v) is 7.03. The van der Waals surface area contributed by atoms with Gasteiger partial charge in [-0.3, -0.25) is 0 Å². The molecule has 17 heavy (non-hydrogen) atoms. The topological polar surface area (TPSA) is 62.3 Å². The number of sulfonamides is 1. The first-order chi connectivity index (χ1) is 7.95. The van der Waals surface area contributed by atoms with Gasteiger partial charge in [0.2, 0.25) is 10.0 Å². The van der Waals surface area contributed by atoms with Crippen molar-refractivity contribution in [3.8, 4) is 0 Å². The summed E-state index contributed by atoms with van der Waals surface area (Å²) in [7, 11) is -1.83. The lowest BCUT2D eigenvalue weighted by molar-refractivity contribution is 0.369. The van der Waals surface area contributed by atoms with Gasteiger partial charge >= 0.3 is 0 Å². The van der Waals surface area contributed by atoms with Gasteiger partial charge in [0, 0.05) is 25.8 Å². The molecule has 0 saturated carbocycles. The van der Waals surface area contributed by atoms with Crippen LogP contribution >= 0.6 is 0 Å². The molecule has 0 fully saturated rings. The first-order valence-electron chi connectivity index (χ1n) is 5.59. The highest BCUT2D eigenvalue weighted by Crippen LogP contribution is 2.23. The average Bonchev–Trinajstić information content (AvgIpc) is 2.29. The van der Waals surface area contributed by atoms with Crippen molar-refractivity contribution < 1.29 is 8.42 Å². The second-order valence-electron chi connectivity index (χ2n) is 3.90. The van der Waals surface area contributed by atoms with Crippen molar-refractivity contribution in [2.45, 2.75) is 31.7 Å². The Balaban J connectivity index is 3.30. The van der Waals surface area contributed by atoms with Gasteiger partial charge in [-0.25, -0.2) is 13.4 Å². The first kappa shape index (κ1) is 13.9. The molecule has 0 bridgehead atoms. The quantitative estimate of drug-likeness (QED) is 0.869. The molecule has 0 aliphatic heterocycles. The Kier molecular flexibility index (Phi) is 4.47. The molecule has 1 aromatic heterocycles. The van der Waals surface area contributed by atoms with E-state index in [0.29, 0.717) is 12.4 Å². The number of hydrogen-bond donors (Lipinski definition) is 1. The molecule has 0 amide bonds. The van der Waals surface area contributed by atoms with E-state index < -0.39 is 10.0 Å². The van der Waals surface area contributed by atoms with Crippen LogP contribution in [0.1, 0.15) is 20.8 Å². The predicted molar refractivity (Wildman–Crippen MR) is 68.5 cm³/mol. The molecular weight excluding hydrogens is 238 g/mol. The van der Waals surface area contributed by atoms with Gasteiger partial charge in [-0.15, -0.1) is 0 Å². The zero-order valence-corrected chi connectivity index (χ0v) is 11.5. The zero-order valence-electron chi connectivity index (χ0n) is 10.6. The van der Waals surface area contributed by atoms with E-state index in [1.54, 1.807) is 25.4 Å². The van der Waals surface area contributed by atoms with Gasteiger partial charge in [-0.05, 0) is 26.0 Å². The second-order valence-corrected chi connectivity index (χ2v) is 5.76. The predicted octanol–water partition coefficient (Wildman–Crippen LogP) is 1.54. The van der Waals surface area contributed by atoms with Gasteiger partial charge in [0.15, 0.2) is 0 Å². The van der Waals surface area contributed by atoms with Gasteiger partial charge in [-0.2, -0.15) is 4.31 Å². The highest BCUT2D eigenvalue weighted by molar-refractivity contribution is 7.89. The minimum atomic E-state index is -3.48. The van der Waals surface area contributed by atoms with Crippen molar-refractivity contribution in [2.24, 2.45) is 0 Å². The molecule has 1 heterocycles. The van der Waals surface area contributed by atoms with Crippen LogP contribution in [0.25, 0.3) is 0 Å². The van der Waals surface area contributed by atoms with E-state index >= 15 is 0 Å². The van der Waals surface area contributed by atoms with Gasteiger partial charge in [0.25, 0.3) is 0 Å². The van der Waals surface area contributed by atoms with E-state index in [0.717, 1.165) is 0 Å². The summed E-state index contributed by atoms with van der Waals surface area (Å²) in [4.78, 5) is 4.24. The molecule has 0 saturated heterocycles. The number of anilines is 1. The Hall–Kier alpha value is -1.14. The molecule has 1 rings (SSSR count). The van der Waals surface area contributed by atoms with Crippen LogP contribution in [0.3, 0.4) is 0 Å². The van der Waals surface area contributed by atoms with Crippen LogP contribution in [0.4, 0.5) is 5.82 Å². The fourth-order valence-corrected chi connectivity index (χ4v) is 3.52. The third-order valence-electron chi connectivity index (χ3n) is 2.48. The molecule has 0 radical (unpaired) electrons. The molecule has 96 valence electrons. The van der Waals surface area contributed by atoms with Crippen LogP contribution in [0, 0.1) is 0 Å². The summed E-state index contributed by atoms with van der Waals surface area (Å²) < 4.78 is 26.3. The third-order valence-corrected chi connectivity index (χ3v) is 4.66. The maximum Gasteiger partial charge on any atom is 0.246 e. The van der Waals surface area contributed by atoms with Crippen LogP contribution in [0.5, 0.6) is 0 Å². The van der Waals surface area contributed by atoms with Crippen LogP contribution in [0.15, 0.2) is 23.2 Å². The van der Waals surface area contributed by atoms with Gasteiger partial charge < -0.3 is 5.32 Å². The summed E-state index contributed by atoms with van der Waals surface area (Å²) in [6.45, 7) is 5.98. The Morgan fingerprint density at radius 1 is 1.47 bits per heavy atom. The lowest BCUT2D eigenvalue weighted by Crippen LogP contribution is -2.37. The van der Waals surface area contributed by atoms with E-state index in [1.807, 2.05) is 20.8 Å². The number of hydrogen-bond acceptors (Lipinski definition) is 4. The molecule has 0 aromatic carbocycles. The van der Waals surface area contributed by atoms with E-state index in [-0.39, 0.29) is 10.9 Å². The smallest absolute Gasteiger partial charge is 0.246 e. The monoisotopic (exact) mass is 257 g/mol. The van der Waals surface area contributed by atoms with Crippen LogP contribution < -0.4 is 5.32 Å². The molecule has 0 atom stereocenters. The zero-order chi connectivity index (χ0) is 13.1. The van der Waals surface area contributed by atoms with E-state index in [1.165, 1.54) is 4.31 Å². The Morgan fingerprint density at radius 2 is 2.12 bits per heavy atom. The number of rotatable bonds is 5. The molecule has 0 aliphatic rings.